The predicted octanol–water partition coefficient (Wildman–Crippen LogP) is 1.92. The zero-order valence-corrected chi connectivity index (χ0v) is 12.3. The van der Waals surface area contributed by atoms with Crippen LogP contribution in [0.3, 0.4) is 0 Å². The molecule has 0 aliphatic carbocycles. The summed E-state index contributed by atoms with van der Waals surface area (Å²) in [6.07, 6.45) is 1.06. The van der Waals surface area contributed by atoms with Gasteiger partial charge >= 0.3 is 0 Å². The molecule has 0 radical (unpaired) electrons. The molecule has 0 saturated carbocycles. The Balaban J connectivity index is 2.14. The lowest BCUT2D eigenvalue weighted by Crippen LogP contribution is -2.52. The van der Waals surface area contributed by atoms with Gasteiger partial charge in [-0.1, -0.05) is 31.2 Å². The Hall–Kier alpha value is -0.900. The van der Waals surface area contributed by atoms with E-state index in [0.717, 1.165) is 26.1 Å². The predicted molar refractivity (Wildman–Crippen MR) is 79.3 cm³/mol. The minimum absolute atomic E-state index is 0.134. The van der Waals surface area contributed by atoms with Gasteiger partial charge in [-0.3, -0.25) is 4.90 Å². The topological polar surface area (TPSA) is 26.7 Å². The van der Waals surface area contributed by atoms with Crippen molar-refractivity contribution >= 4 is 0 Å². The average Bonchev–Trinajstić information content (AvgIpc) is 2.42. The van der Waals surface area contributed by atoms with Crippen LogP contribution in [0.1, 0.15) is 31.0 Å². The quantitative estimate of drug-likeness (QED) is 0.898. The fourth-order valence-corrected chi connectivity index (χ4v) is 2.99. The lowest BCUT2D eigenvalue weighted by Gasteiger charge is -2.42. The second-order valence-corrected chi connectivity index (χ2v) is 5.64. The van der Waals surface area contributed by atoms with Crippen molar-refractivity contribution in [1.29, 1.82) is 0 Å². The van der Waals surface area contributed by atoms with Crippen LogP contribution in [-0.2, 0) is 6.42 Å². The number of hydrogen-bond acceptors (Lipinski definition) is 3. The molecule has 1 aromatic carbocycles. The summed E-state index contributed by atoms with van der Waals surface area (Å²) in [6, 6.07) is 9.32. The summed E-state index contributed by atoms with van der Waals surface area (Å²) in [7, 11) is 2.16. The van der Waals surface area contributed by atoms with Crippen LogP contribution in [0, 0.1) is 0 Å². The number of aliphatic hydroxyl groups is 1. The van der Waals surface area contributed by atoms with Crippen molar-refractivity contribution in [3.8, 4) is 0 Å². The summed E-state index contributed by atoms with van der Waals surface area (Å²) >= 11 is 0. The number of aryl methyl sites for hydroxylation is 1. The van der Waals surface area contributed by atoms with Crippen LogP contribution < -0.4 is 0 Å². The Bertz CT molecular complexity index is 390. The first-order valence-electron chi connectivity index (χ1n) is 7.29. The minimum atomic E-state index is 0.134. The molecule has 19 heavy (non-hydrogen) atoms. The average molecular weight is 262 g/mol. The highest BCUT2D eigenvalue weighted by Gasteiger charge is 2.28. The van der Waals surface area contributed by atoms with Crippen molar-refractivity contribution in [2.75, 3.05) is 33.3 Å². The van der Waals surface area contributed by atoms with Gasteiger partial charge in [-0.05, 0) is 31.5 Å². The highest BCUT2D eigenvalue weighted by Crippen LogP contribution is 2.25. The number of aliphatic hydroxyl groups excluding tert-OH is 1. The fourth-order valence-electron chi connectivity index (χ4n) is 2.99. The maximum atomic E-state index is 9.79. The Kier molecular flexibility index (Phi) is 4.97. The third-order valence-corrected chi connectivity index (χ3v) is 4.23. The van der Waals surface area contributed by atoms with Crippen LogP contribution in [0.2, 0.25) is 0 Å². The molecule has 2 atom stereocenters. The fraction of sp³-hybridized carbons (Fsp3) is 0.625. The van der Waals surface area contributed by atoms with Gasteiger partial charge in [0.2, 0.25) is 0 Å². The van der Waals surface area contributed by atoms with Crippen LogP contribution in [0.4, 0.5) is 0 Å². The zero-order valence-electron chi connectivity index (χ0n) is 12.3. The molecule has 3 nitrogen and oxygen atoms in total. The molecule has 0 bridgehead atoms. The first-order valence-corrected chi connectivity index (χ1v) is 7.29. The van der Waals surface area contributed by atoms with E-state index < -0.39 is 0 Å². The van der Waals surface area contributed by atoms with E-state index in [4.69, 9.17) is 0 Å². The Labute approximate surface area is 116 Å². The molecule has 1 aliphatic rings. The number of nitrogens with zero attached hydrogens (tertiary/aromatic N) is 2. The molecule has 1 heterocycles. The standard InChI is InChI=1S/C16H26N2O/c1-4-14-5-7-15(8-6-14)16(12-19)18-10-9-17(3)11-13(18)2/h5-8,13,16,19H,4,9-12H2,1-3H3. The normalized spacial score (nSPS) is 23.5. The number of piperazine rings is 1. The number of rotatable bonds is 4. The monoisotopic (exact) mass is 262 g/mol. The smallest absolute Gasteiger partial charge is 0.0628 e. The second kappa shape index (κ2) is 6.51. The Morgan fingerprint density at radius 3 is 2.47 bits per heavy atom. The zero-order chi connectivity index (χ0) is 13.8. The number of likely N-dealkylation sites (N-methyl/N-ethyl adjacent to an activating group) is 1. The molecule has 0 amide bonds. The van der Waals surface area contributed by atoms with Crippen LogP contribution >= 0.6 is 0 Å². The van der Waals surface area contributed by atoms with Gasteiger partial charge in [-0.15, -0.1) is 0 Å². The molecule has 2 unspecified atom stereocenters. The summed E-state index contributed by atoms with van der Waals surface area (Å²) in [5.41, 5.74) is 2.59. The maximum absolute atomic E-state index is 9.79. The first kappa shape index (κ1) is 14.5. The maximum Gasteiger partial charge on any atom is 0.0628 e. The lowest BCUT2D eigenvalue weighted by atomic mass is 10.0. The summed E-state index contributed by atoms with van der Waals surface area (Å²) in [5.74, 6) is 0. The van der Waals surface area contributed by atoms with Crippen molar-refractivity contribution in [2.24, 2.45) is 0 Å². The molecule has 1 saturated heterocycles. The summed E-state index contributed by atoms with van der Waals surface area (Å²) in [4.78, 5) is 4.79. The first-order chi connectivity index (χ1) is 9.15. The van der Waals surface area contributed by atoms with E-state index >= 15 is 0 Å². The largest absolute Gasteiger partial charge is 0.394 e. The Morgan fingerprint density at radius 2 is 1.95 bits per heavy atom. The van der Waals surface area contributed by atoms with E-state index in [0.29, 0.717) is 6.04 Å². The summed E-state index contributed by atoms with van der Waals surface area (Å²) in [6.45, 7) is 7.79. The van der Waals surface area contributed by atoms with E-state index in [2.05, 4.69) is 55.0 Å². The molecule has 1 aromatic rings. The van der Waals surface area contributed by atoms with E-state index in [1.165, 1.54) is 11.1 Å². The molecule has 1 aliphatic heterocycles. The van der Waals surface area contributed by atoms with Crippen LogP contribution in [0.15, 0.2) is 24.3 Å². The summed E-state index contributed by atoms with van der Waals surface area (Å²) < 4.78 is 0. The Morgan fingerprint density at radius 1 is 1.26 bits per heavy atom. The third-order valence-electron chi connectivity index (χ3n) is 4.23. The van der Waals surface area contributed by atoms with Crippen LogP contribution in [0.5, 0.6) is 0 Å². The van der Waals surface area contributed by atoms with Crippen molar-refractivity contribution in [2.45, 2.75) is 32.4 Å². The van der Waals surface area contributed by atoms with Gasteiger partial charge in [-0.25, -0.2) is 0 Å². The molecule has 106 valence electrons. The van der Waals surface area contributed by atoms with E-state index in [9.17, 15) is 5.11 Å². The van der Waals surface area contributed by atoms with Gasteiger partial charge in [0.05, 0.1) is 12.6 Å². The van der Waals surface area contributed by atoms with Crippen LogP contribution in [0.25, 0.3) is 0 Å². The molecule has 1 fully saturated rings. The van der Waals surface area contributed by atoms with E-state index in [1.54, 1.807) is 0 Å². The third kappa shape index (κ3) is 3.35. The lowest BCUT2D eigenvalue weighted by molar-refractivity contribution is 0.0341. The molecular formula is C16H26N2O. The van der Waals surface area contributed by atoms with E-state index in [1.807, 2.05) is 0 Å². The highest BCUT2D eigenvalue weighted by atomic mass is 16.3. The SMILES string of the molecule is CCc1ccc(C(CO)N2CCN(C)CC2C)cc1. The van der Waals surface area contributed by atoms with Crippen molar-refractivity contribution in [3.63, 3.8) is 0 Å². The summed E-state index contributed by atoms with van der Waals surface area (Å²) in [5, 5.41) is 9.79. The molecule has 3 heteroatoms. The van der Waals surface area contributed by atoms with Gasteiger partial charge in [0, 0.05) is 25.7 Å². The second-order valence-electron chi connectivity index (χ2n) is 5.64. The van der Waals surface area contributed by atoms with Crippen molar-refractivity contribution in [1.82, 2.24) is 9.80 Å². The molecule has 0 spiro atoms. The molecule has 1 N–H and O–H groups in total. The van der Waals surface area contributed by atoms with Gasteiger partial charge < -0.3 is 10.0 Å². The van der Waals surface area contributed by atoms with Gasteiger partial charge in [-0.2, -0.15) is 0 Å². The molecule has 0 aromatic heterocycles. The molecule has 2 rings (SSSR count). The molecular weight excluding hydrogens is 236 g/mol. The van der Waals surface area contributed by atoms with Gasteiger partial charge in [0.1, 0.15) is 0 Å². The number of hydrogen-bond donors (Lipinski definition) is 1. The van der Waals surface area contributed by atoms with Crippen LogP contribution in [-0.4, -0.2) is 54.2 Å². The number of benzene rings is 1. The van der Waals surface area contributed by atoms with Crippen molar-refractivity contribution in [3.05, 3.63) is 35.4 Å². The van der Waals surface area contributed by atoms with E-state index in [-0.39, 0.29) is 12.6 Å². The van der Waals surface area contributed by atoms with Crippen molar-refractivity contribution < 1.29 is 5.11 Å². The highest BCUT2D eigenvalue weighted by molar-refractivity contribution is 5.25. The van der Waals surface area contributed by atoms with Gasteiger partial charge in [0.15, 0.2) is 0 Å². The van der Waals surface area contributed by atoms with Gasteiger partial charge in [0.25, 0.3) is 0 Å². The minimum Gasteiger partial charge on any atom is -0.394 e.